The van der Waals surface area contributed by atoms with E-state index in [0.29, 0.717) is 0 Å². The van der Waals surface area contributed by atoms with Gasteiger partial charge in [0.2, 0.25) is 5.12 Å². The Labute approximate surface area is 102 Å². The molecule has 90 valence electrons. The lowest BCUT2D eigenvalue weighted by atomic mass is 10.1. The summed E-state index contributed by atoms with van der Waals surface area (Å²) in [7, 11) is 0. The molecule has 0 aromatic rings. The van der Waals surface area contributed by atoms with Crippen molar-refractivity contribution in [3.63, 3.8) is 0 Å². The van der Waals surface area contributed by atoms with Crippen LogP contribution in [-0.4, -0.2) is 15.0 Å². The van der Waals surface area contributed by atoms with Crippen LogP contribution in [0.4, 0.5) is 0 Å². The molecule has 1 aliphatic heterocycles. The number of aliphatic hydroxyl groups excluding tert-OH is 1. The summed E-state index contributed by atoms with van der Waals surface area (Å²) in [6.07, 6.45) is 11.3. The summed E-state index contributed by atoms with van der Waals surface area (Å²) >= 11 is 1.18. The maximum atomic E-state index is 11.1. The molecule has 0 aromatic heterocycles. The minimum atomic E-state index is -0.526. The largest absolute Gasteiger partial charge is 0.510 e. The van der Waals surface area contributed by atoms with Crippen molar-refractivity contribution in [2.24, 2.45) is 0 Å². The second kappa shape index (κ2) is 6.14. The third-order valence-electron chi connectivity index (χ3n) is 2.74. The molecular formula is C13H20O2S. The molecule has 1 heterocycles. The monoisotopic (exact) mass is 240 g/mol. The third kappa shape index (κ3) is 3.71. The number of carbonyl (C=O) groups is 1. The van der Waals surface area contributed by atoms with Gasteiger partial charge in [0.05, 0.1) is 4.75 Å². The van der Waals surface area contributed by atoms with Crippen molar-refractivity contribution in [1.82, 2.24) is 0 Å². The van der Waals surface area contributed by atoms with Gasteiger partial charge < -0.3 is 5.11 Å². The SMILES string of the molecule is CCCCCCC=C[C@]1(C)SC(=O)C=C1O. The molecule has 1 aliphatic rings. The standard InChI is InChI=1S/C13H20O2S/c1-3-4-5-6-7-8-9-13(2)11(14)10-12(15)16-13/h8-10,14H,3-7H2,1-2H3/t13-/m0/s1. The average molecular weight is 240 g/mol. The molecule has 0 bridgehead atoms. The zero-order valence-corrected chi connectivity index (χ0v) is 10.8. The van der Waals surface area contributed by atoms with Crippen LogP contribution < -0.4 is 0 Å². The van der Waals surface area contributed by atoms with E-state index >= 15 is 0 Å². The summed E-state index contributed by atoms with van der Waals surface area (Å²) in [5, 5.41) is 9.57. The van der Waals surface area contributed by atoms with Gasteiger partial charge in [-0.15, -0.1) is 0 Å². The lowest BCUT2D eigenvalue weighted by Crippen LogP contribution is -2.16. The quantitative estimate of drug-likeness (QED) is 0.563. The first-order valence-electron chi connectivity index (χ1n) is 5.90. The second-order valence-electron chi connectivity index (χ2n) is 4.31. The van der Waals surface area contributed by atoms with Crippen LogP contribution in [-0.2, 0) is 4.79 Å². The van der Waals surface area contributed by atoms with Crippen molar-refractivity contribution in [1.29, 1.82) is 0 Å². The Morgan fingerprint density at radius 1 is 1.44 bits per heavy atom. The van der Waals surface area contributed by atoms with E-state index < -0.39 is 4.75 Å². The number of unbranched alkanes of at least 4 members (excludes halogenated alkanes) is 4. The number of hydrogen-bond acceptors (Lipinski definition) is 3. The fourth-order valence-electron chi connectivity index (χ4n) is 1.66. The van der Waals surface area contributed by atoms with Crippen LogP contribution in [0.5, 0.6) is 0 Å². The maximum Gasteiger partial charge on any atom is 0.216 e. The van der Waals surface area contributed by atoms with Crippen LogP contribution in [0.15, 0.2) is 24.0 Å². The molecule has 0 saturated carbocycles. The van der Waals surface area contributed by atoms with Gasteiger partial charge in [0, 0.05) is 6.08 Å². The molecular weight excluding hydrogens is 220 g/mol. The van der Waals surface area contributed by atoms with Gasteiger partial charge in [0.25, 0.3) is 0 Å². The predicted molar refractivity (Wildman–Crippen MR) is 69.6 cm³/mol. The van der Waals surface area contributed by atoms with E-state index in [-0.39, 0.29) is 10.9 Å². The number of thioether (sulfide) groups is 1. The Bertz CT molecular complexity index is 307. The fraction of sp³-hybridized carbons (Fsp3) is 0.615. The molecule has 0 fully saturated rings. The second-order valence-corrected chi connectivity index (χ2v) is 5.76. The van der Waals surface area contributed by atoms with E-state index in [1.807, 2.05) is 13.0 Å². The van der Waals surface area contributed by atoms with E-state index in [0.717, 1.165) is 6.42 Å². The summed E-state index contributed by atoms with van der Waals surface area (Å²) < 4.78 is -0.526. The molecule has 3 heteroatoms. The van der Waals surface area contributed by atoms with Crippen LogP contribution in [0.1, 0.15) is 46.0 Å². The first kappa shape index (κ1) is 13.4. The van der Waals surface area contributed by atoms with E-state index in [1.54, 1.807) is 0 Å². The first-order valence-corrected chi connectivity index (χ1v) is 6.72. The van der Waals surface area contributed by atoms with E-state index in [1.165, 1.54) is 43.5 Å². The van der Waals surface area contributed by atoms with Gasteiger partial charge >= 0.3 is 0 Å². The van der Waals surface area contributed by atoms with Crippen molar-refractivity contribution >= 4 is 16.9 Å². The normalized spacial score (nSPS) is 25.4. The van der Waals surface area contributed by atoms with Gasteiger partial charge in [-0.1, -0.05) is 50.1 Å². The van der Waals surface area contributed by atoms with Crippen molar-refractivity contribution < 1.29 is 9.90 Å². The zero-order chi connectivity index (χ0) is 12.0. The summed E-state index contributed by atoms with van der Waals surface area (Å²) in [5.74, 6) is 0.173. The van der Waals surface area contributed by atoms with Gasteiger partial charge in [-0.2, -0.15) is 0 Å². The molecule has 0 radical (unpaired) electrons. The molecule has 0 aromatic carbocycles. The van der Waals surface area contributed by atoms with Crippen LogP contribution >= 0.6 is 11.8 Å². The van der Waals surface area contributed by atoms with E-state index in [2.05, 4.69) is 13.0 Å². The number of allylic oxidation sites excluding steroid dienone is 1. The minimum absolute atomic E-state index is 0.0596. The lowest BCUT2D eigenvalue weighted by Gasteiger charge is -2.17. The zero-order valence-electron chi connectivity index (χ0n) is 10.0. The maximum absolute atomic E-state index is 11.1. The smallest absolute Gasteiger partial charge is 0.216 e. The Balaban J connectivity index is 2.34. The molecule has 0 spiro atoms. The van der Waals surface area contributed by atoms with Crippen LogP contribution in [0.3, 0.4) is 0 Å². The molecule has 0 unspecified atom stereocenters. The van der Waals surface area contributed by atoms with Crippen LogP contribution in [0.25, 0.3) is 0 Å². The minimum Gasteiger partial charge on any atom is -0.510 e. The molecule has 0 saturated heterocycles. The Hall–Kier alpha value is -0.700. The number of rotatable bonds is 6. The van der Waals surface area contributed by atoms with Gasteiger partial charge in [-0.05, 0) is 19.8 Å². The molecule has 0 aliphatic carbocycles. The predicted octanol–water partition coefficient (Wildman–Crippen LogP) is 3.99. The molecule has 16 heavy (non-hydrogen) atoms. The van der Waals surface area contributed by atoms with Crippen molar-refractivity contribution in [3.8, 4) is 0 Å². The molecule has 1 atom stereocenters. The van der Waals surface area contributed by atoms with E-state index in [4.69, 9.17) is 0 Å². The van der Waals surface area contributed by atoms with Crippen molar-refractivity contribution in [3.05, 3.63) is 24.0 Å². The summed E-state index contributed by atoms with van der Waals surface area (Å²) in [4.78, 5) is 11.1. The summed E-state index contributed by atoms with van der Waals surface area (Å²) in [6, 6.07) is 0. The number of carbonyl (C=O) groups excluding carboxylic acids is 1. The topological polar surface area (TPSA) is 37.3 Å². The number of aliphatic hydroxyl groups is 1. The van der Waals surface area contributed by atoms with Crippen LogP contribution in [0, 0.1) is 0 Å². The highest BCUT2D eigenvalue weighted by molar-refractivity contribution is 8.15. The Morgan fingerprint density at radius 2 is 2.19 bits per heavy atom. The molecule has 1 N–H and O–H groups in total. The summed E-state index contributed by atoms with van der Waals surface area (Å²) in [5.41, 5.74) is 0. The fourth-order valence-corrected chi connectivity index (χ4v) is 2.58. The number of hydrogen-bond donors (Lipinski definition) is 1. The van der Waals surface area contributed by atoms with Gasteiger partial charge in [-0.3, -0.25) is 4.79 Å². The van der Waals surface area contributed by atoms with Gasteiger partial charge in [0.15, 0.2) is 0 Å². The molecule has 2 nitrogen and oxygen atoms in total. The average Bonchev–Trinajstić information content (AvgIpc) is 2.47. The summed E-state index contributed by atoms with van der Waals surface area (Å²) in [6.45, 7) is 4.07. The highest BCUT2D eigenvalue weighted by atomic mass is 32.2. The molecule has 0 amide bonds. The first-order chi connectivity index (χ1) is 7.58. The van der Waals surface area contributed by atoms with Crippen LogP contribution in [0.2, 0.25) is 0 Å². The molecule has 1 rings (SSSR count). The Kier molecular flexibility index (Phi) is 5.13. The van der Waals surface area contributed by atoms with Gasteiger partial charge in [-0.25, -0.2) is 0 Å². The van der Waals surface area contributed by atoms with E-state index in [9.17, 15) is 9.90 Å². The van der Waals surface area contributed by atoms with Gasteiger partial charge in [0.1, 0.15) is 5.76 Å². The van der Waals surface area contributed by atoms with Crippen molar-refractivity contribution in [2.75, 3.05) is 0 Å². The Morgan fingerprint density at radius 3 is 2.75 bits per heavy atom. The van der Waals surface area contributed by atoms with Crippen molar-refractivity contribution in [2.45, 2.75) is 50.7 Å². The highest BCUT2D eigenvalue weighted by Crippen LogP contribution is 2.39. The highest BCUT2D eigenvalue weighted by Gasteiger charge is 2.35. The third-order valence-corrected chi connectivity index (χ3v) is 3.82. The lowest BCUT2D eigenvalue weighted by molar-refractivity contribution is -0.106.